The summed E-state index contributed by atoms with van der Waals surface area (Å²) in [7, 11) is 0. The quantitative estimate of drug-likeness (QED) is 0.192. The van der Waals surface area contributed by atoms with E-state index in [9.17, 15) is 0 Å². The fraction of sp³-hybridized carbons (Fsp3) is 0.0652. The van der Waals surface area contributed by atoms with Crippen molar-refractivity contribution in [1.29, 1.82) is 0 Å². The molecule has 0 bridgehead atoms. The topological polar surface area (TPSA) is 51.8 Å². The van der Waals surface area contributed by atoms with Gasteiger partial charge >= 0.3 is 0 Å². The molecule has 4 heteroatoms. The summed E-state index contributed by atoms with van der Waals surface area (Å²) in [4.78, 5) is 15.5. The minimum atomic E-state index is -0.141. The van der Waals surface area contributed by atoms with Gasteiger partial charge < -0.3 is 4.42 Å². The summed E-state index contributed by atoms with van der Waals surface area (Å²) in [5.41, 5.74) is 11.6. The first-order chi connectivity index (χ1) is 24.5. The summed E-state index contributed by atoms with van der Waals surface area (Å²) in [5, 5.41) is 4.32. The predicted octanol–water partition coefficient (Wildman–Crippen LogP) is 11.9. The molecule has 1 aliphatic carbocycles. The fourth-order valence-corrected chi connectivity index (χ4v) is 7.78. The van der Waals surface area contributed by atoms with E-state index in [0.29, 0.717) is 17.5 Å². The Bertz CT molecular complexity index is 2780. The van der Waals surface area contributed by atoms with E-state index in [-0.39, 0.29) is 5.41 Å². The predicted molar refractivity (Wildman–Crippen MR) is 204 cm³/mol. The Morgan fingerprint density at radius 2 is 1.02 bits per heavy atom. The molecule has 0 fully saturated rings. The Morgan fingerprint density at radius 3 is 1.80 bits per heavy atom. The molecule has 0 amide bonds. The molecule has 0 unspecified atom stereocenters. The van der Waals surface area contributed by atoms with E-state index in [0.717, 1.165) is 60.5 Å². The van der Waals surface area contributed by atoms with Gasteiger partial charge in [-0.05, 0) is 68.9 Å². The molecular formula is C46H31N3O. The molecule has 1 aliphatic rings. The van der Waals surface area contributed by atoms with E-state index in [4.69, 9.17) is 19.4 Å². The Balaban J connectivity index is 1.24. The van der Waals surface area contributed by atoms with Crippen molar-refractivity contribution in [1.82, 2.24) is 15.0 Å². The number of aromatic nitrogens is 3. The van der Waals surface area contributed by atoms with Crippen LogP contribution in [0, 0.1) is 0 Å². The van der Waals surface area contributed by atoms with Crippen LogP contribution in [0.5, 0.6) is 0 Å². The summed E-state index contributed by atoms with van der Waals surface area (Å²) >= 11 is 0. The molecule has 0 N–H and O–H groups in total. The number of rotatable bonds is 4. The van der Waals surface area contributed by atoms with E-state index in [1.54, 1.807) is 0 Å². The maximum Gasteiger partial charge on any atom is 0.164 e. The van der Waals surface area contributed by atoms with E-state index in [2.05, 4.69) is 141 Å². The first kappa shape index (κ1) is 28.6. The Morgan fingerprint density at radius 1 is 0.440 bits per heavy atom. The van der Waals surface area contributed by atoms with Crippen LogP contribution in [-0.4, -0.2) is 15.0 Å². The maximum absolute atomic E-state index is 6.77. The van der Waals surface area contributed by atoms with Gasteiger partial charge in [-0.2, -0.15) is 0 Å². The normalized spacial score (nSPS) is 13.2. The van der Waals surface area contributed by atoms with Gasteiger partial charge in [0.2, 0.25) is 0 Å². The summed E-state index contributed by atoms with van der Waals surface area (Å²) in [6.07, 6.45) is 0. The summed E-state index contributed by atoms with van der Waals surface area (Å²) in [6.45, 7) is 4.60. The van der Waals surface area contributed by atoms with Crippen molar-refractivity contribution in [3.63, 3.8) is 0 Å². The van der Waals surface area contributed by atoms with Crippen LogP contribution in [0.2, 0.25) is 0 Å². The van der Waals surface area contributed by atoms with Crippen molar-refractivity contribution in [2.45, 2.75) is 19.3 Å². The monoisotopic (exact) mass is 641 g/mol. The van der Waals surface area contributed by atoms with Crippen molar-refractivity contribution in [2.24, 2.45) is 0 Å². The van der Waals surface area contributed by atoms with E-state index in [1.165, 1.54) is 22.3 Å². The number of fused-ring (bicyclic) bond motifs is 7. The molecule has 0 radical (unpaired) electrons. The highest BCUT2D eigenvalue weighted by molar-refractivity contribution is 6.18. The number of furan rings is 1. The molecule has 2 heterocycles. The number of nitrogens with zero attached hydrogens (tertiary/aromatic N) is 3. The maximum atomic E-state index is 6.77. The van der Waals surface area contributed by atoms with Gasteiger partial charge in [0.25, 0.3) is 0 Å². The molecule has 236 valence electrons. The van der Waals surface area contributed by atoms with E-state index in [1.807, 2.05) is 24.3 Å². The lowest BCUT2D eigenvalue weighted by Crippen LogP contribution is -2.15. The van der Waals surface area contributed by atoms with Crippen LogP contribution in [0.15, 0.2) is 156 Å². The molecule has 0 saturated heterocycles. The lowest BCUT2D eigenvalue weighted by Gasteiger charge is -2.21. The van der Waals surface area contributed by atoms with Crippen LogP contribution in [0.25, 0.3) is 89.1 Å². The SMILES string of the molecule is CC1(C)c2ccccc2-c2ccc(-c3nc(-c4ccccc4)nc(-c4ccc(-c5ccccc5)c5oc6cc7ccccc7cc6c45)n3)cc21. The molecule has 0 atom stereocenters. The van der Waals surface area contributed by atoms with E-state index < -0.39 is 0 Å². The van der Waals surface area contributed by atoms with Gasteiger partial charge in [-0.3, -0.25) is 0 Å². The average Bonchev–Trinajstić information content (AvgIpc) is 3.65. The zero-order chi connectivity index (χ0) is 33.4. The first-order valence-corrected chi connectivity index (χ1v) is 17.0. The lowest BCUT2D eigenvalue weighted by molar-refractivity contribution is 0.660. The highest BCUT2D eigenvalue weighted by Crippen LogP contribution is 2.49. The molecule has 0 saturated carbocycles. The van der Waals surface area contributed by atoms with Crippen LogP contribution in [0.4, 0.5) is 0 Å². The van der Waals surface area contributed by atoms with Crippen molar-refractivity contribution in [3.05, 3.63) is 163 Å². The van der Waals surface area contributed by atoms with Crippen molar-refractivity contribution < 1.29 is 4.42 Å². The molecule has 0 aliphatic heterocycles. The Labute approximate surface area is 289 Å². The third-order valence-corrected chi connectivity index (χ3v) is 10.3. The van der Waals surface area contributed by atoms with Gasteiger partial charge in [-0.25, -0.2) is 15.0 Å². The van der Waals surface area contributed by atoms with Crippen LogP contribution in [-0.2, 0) is 5.41 Å². The molecule has 0 spiro atoms. The minimum absolute atomic E-state index is 0.141. The van der Waals surface area contributed by atoms with Crippen LogP contribution >= 0.6 is 0 Å². The third-order valence-electron chi connectivity index (χ3n) is 10.3. The number of benzene rings is 7. The van der Waals surface area contributed by atoms with E-state index >= 15 is 0 Å². The molecule has 2 aromatic heterocycles. The van der Waals surface area contributed by atoms with Crippen molar-refractivity contribution >= 4 is 32.7 Å². The Kier molecular flexibility index (Phi) is 6.19. The van der Waals surface area contributed by atoms with Gasteiger partial charge in [-0.15, -0.1) is 0 Å². The zero-order valence-corrected chi connectivity index (χ0v) is 27.7. The summed E-state index contributed by atoms with van der Waals surface area (Å²) in [5.74, 6) is 1.88. The van der Waals surface area contributed by atoms with Gasteiger partial charge in [0.1, 0.15) is 11.2 Å². The van der Waals surface area contributed by atoms with Crippen molar-refractivity contribution in [2.75, 3.05) is 0 Å². The fourth-order valence-electron chi connectivity index (χ4n) is 7.78. The zero-order valence-electron chi connectivity index (χ0n) is 27.7. The third kappa shape index (κ3) is 4.35. The molecular weight excluding hydrogens is 611 g/mol. The standard InChI is InChI=1S/C46H31N3O/c1-46(2)38-20-12-11-19-34(38)35-22-21-32(26-39(35)46)44-47-43(29-15-7-4-8-16-29)48-45(49-44)36-24-23-33(28-13-5-3-6-14-28)42-41(36)37-25-30-17-9-10-18-31(30)27-40(37)50-42/h3-27H,1-2H3. The second-order valence-corrected chi connectivity index (χ2v) is 13.6. The second-order valence-electron chi connectivity index (χ2n) is 13.6. The van der Waals surface area contributed by atoms with Crippen molar-refractivity contribution in [3.8, 4) is 56.4 Å². The largest absolute Gasteiger partial charge is 0.455 e. The van der Waals surface area contributed by atoms with Crippen LogP contribution in [0.3, 0.4) is 0 Å². The molecule has 4 nitrogen and oxygen atoms in total. The summed E-state index contributed by atoms with van der Waals surface area (Å²) in [6, 6.07) is 53.0. The second kappa shape index (κ2) is 10.8. The molecule has 9 aromatic rings. The van der Waals surface area contributed by atoms with Crippen LogP contribution < -0.4 is 0 Å². The number of hydrogen-bond donors (Lipinski definition) is 0. The highest BCUT2D eigenvalue weighted by Gasteiger charge is 2.35. The van der Waals surface area contributed by atoms with Gasteiger partial charge in [0.15, 0.2) is 17.5 Å². The molecule has 50 heavy (non-hydrogen) atoms. The lowest BCUT2D eigenvalue weighted by atomic mass is 9.82. The first-order valence-electron chi connectivity index (χ1n) is 17.0. The summed E-state index contributed by atoms with van der Waals surface area (Å²) < 4.78 is 6.77. The van der Waals surface area contributed by atoms with Gasteiger partial charge in [0, 0.05) is 38.4 Å². The van der Waals surface area contributed by atoms with Gasteiger partial charge in [-0.1, -0.05) is 135 Å². The van der Waals surface area contributed by atoms with Gasteiger partial charge in [0.05, 0.1) is 0 Å². The molecule has 7 aromatic carbocycles. The highest BCUT2D eigenvalue weighted by atomic mass is 16.3. The average molecular weight is 642 g/mol. The minimum Gasteiger partial charge on any atom is -0.455 e. The smallest absolute Gasteiger partial charge is 0.164 e. The molecule has 10 rings (SSSR count). The van der Waals surface area contributed by atoms with Crippen LogP contribution in [0.1, 0.15) is 25.0 Å². The number of hydrogen-bond acceptors (Lipinski definition) is 4. The Hall–Kier alpha value is -6.39.